The Bertz CT molecular complexity index is 2440. The molecule has 3 N–H and O–H groups in total. The van der Waals surface area contributed by atoms with Crippen LogP contribution in [-0.4, -0.2) is 64.3 Å². The minimum atomic E-state index is -4.61. The van der Waals surface area contributed by atoms with E-state index >= 15 is 8.78 Å². The van der Waals surface area contributed by atoms with Crippen molar-refractivity contribution in [3.8, 4) is 23.0 Å². The van der Waals surface area contributed by atoms with Crippen LogP contribution in [0.3, 0.4) is 0 Å². The van der Waals surface area contributed by atoms with Crippen molar-refractivity contribution in [1.29, 1.82) is 5.41 Å². The molecule has 0 radical (unpaired) electrons. The molecule has 2 aliphatic rings. The van der Waals surface area contributed by atoms with Gasteiger partial charge in [0.1, 0.15) is 47.4 Å². The molecule has 0 bridgehead atoms. The fourth-order valence-corrected chi connectivity index (χ4v) is 6.97. The van der Waals surface area contributed by atoms with Gasteiger partial charge in [0.25, 0.3) is 12.3 Å². The quantitative estimate of drug-likeness (QED) is 0.0738. The first-order valence-electron chi connectivity index (χ1n) is 17.0. The molecule has 3 atom stereocenters. The minimum absolute atomic E-state index is 0.0172. The Hall–Kier alpha value is -5.77. The lowest BCUT2D eigenvalue weighted by Gasteiger charge is -2.22. The fourth-order valence-electron chi connectivity index (χ4n) is 6.97. The number of anilines is 1. The van der Waals surface area contributed by atoms with Crippen molar-refractivity contribution in [1.82, 2.24) is 29.4 Å². The number of carbonyl (C=O) groups excluding carboxylic acids is 1. The van der Waals surface area contributed by atoms with Crippen molar-refractivity contribution in [2.75, 3.05) is 11.9 Å². The predicted molar refractivity (Wildman–Crippen MR) is 181 cm³/mol. The Kier molecular flexibility index (Phi) is 9.46. The van der Waals surface area contributed by atoms with E-state index in [4.69, 9.17) is 5.41 Å². The summed E-state index contributed by atoms with van der Waals surface area (Å²) in [5.74, 6) is -5.44. The second kappa shape index (κ2) is 13.8. The van der Waals surface area contributed by atoms with Gasteiger partial charge in [-0.15, -0.1) is 10.2 Å². The summed E-state index contributed by atoms with van der Waals surface area (Å²) < 4.78 is 129. The number of aromatic nitrogens is 6. The first-order valence-corrected chi connectivity index (χ1v) is 17.0. The number of hydrogen-bond donors (Lipinski definition) is 3. The Morgan fingerprint density at radius 2 is 1.79 bits per heavy atom. The maximum absolute atomic E-state index is 15.4. The fraction of sp³-hybridized carbons (Fsp3) is 0.351. The molecule has 4 heterocycles. The lowest BCUT2D eigenvalue weighted by molar-refractivity contribution is -0.115. The number of pyridine rings is 2. The Labute approximate surface area is 311 Å². The lowest BCUT2D eigenvalue weighted by atomic mass is 9.85. The highest BCUT2D eigenvalue weighted by Gasteiger charge is 2.67. The summed E-state index contributed by atoms with van der Waals surface area (Å²) in [6.45, 7) is 0.258. The standard InChI is InChI=1S/C37H29F9N8O2/c1-35(2,56)8-7-20-5-6-21(22-4-3-9-53-33(22)50-51-34(53)48-16-36(42,43)44)29(49-20)24(12-17-10-18(38)13-19(39)11-17)28(47)26(55)15-54-31-27(30(52-54)32(40)41)23-14-25(23)37(31,45)46/h3-6,9-11,13,23-25,32,47,56H,12,14-16H2,1-2H3,(H,48,51)/t23-,24+,25+/m0/s1. The van der Waals surface area contributed by atoms with E-state index in [2.05, 4.69) is 37.4 Å². The monoisotopic (exact) mass is 788 g/mol. The summed E-state index contributed by atoms with van der Waals surface area (Å²) in [5, 5.41) is 33.1. The van der Waals surface area contributed by atoms with Crippen LogP contribution in [0.5, 0.6) is 0 Å². The van der Waals surface area contributed by atoms with Crippen LogP contribution in [0.4, 0.5) is 45.5 Å². The zero-order valence-electron chi connectivity index (χ0n) is 29.2. The van der Waals surface area contributed by atoms with Crippen molar-refractivity contribution in [3.05, 3.63) is 94.2 Å². The van der Waals surface area contributed by atoms with E-state index in [1.54, 1.807) is 0 Å². The molecule has 4 aromatic heterocycles. The van der Waals surface area contributed by atoms with Gasteiger partial charge in [-0.05, 0) is 80.5 Å². The highest BCUT2D eigenvalue weighted by Crippen LogP contribution is 2.68. The summed E-state index contributed by atoms with van der Waals surface area (Å²) in [6.07, 6.45) is -7.00. The van der Waals surface area contributed by atoms with E-state index in [9.17, 15) is 40.6 Å². The zero-order chi connectivity index (χ0) is 40.5. The molecule has 1 aromatic carbocycles. The van der Waals surface area contributed by atoms with Crippen LogP contribution < -0.4 is 5.32 Å². The number of fused-ring (bicyclic) bond motifs is 4. The molecule has 5 aromatic rings. The van der Waals surface area contributed by atoms with Gasteiger partial charge < -0.3 is 15.8 Å². The molecule has 0 amide bonds. The van der Waals surface area contributed by atoms with Crippen molar-refractivity contribution < 1.29 is 49.4 Å². The van der Waals surface area contributed by atoms with E-state index in [0.717, 1.165) is 12.1 Å². The zero-order valence-corrected chi connectivity index (χ0v) is 29.2. The van der Waals surface area contributed by atoms with Gasteiger partial charge in [0, 0.05) is 34.9 Å². The molecule has 0 unspecified atom stereocenters. The van der Waals surface area contributed by atoms with E-state index in [-0.39, 0.29) is 51.7 Å². The first-order chi connectivity index (χ1) is 26.2. The molecule has 19 heteroatoms. The van der Waals surface area contributed by atoms with Gasteiger partial charge in [-0.2, -0.15) is 27.1 Å². The Balaban J connectivity index is 1.37. The molecule has 0 saturated heterocycles. The third-order valence-electron chi connectivity index (χ3n) is 9.39. The van der Waals surface area contributed by atoms with E-state index in [0.29, 0.717) is 10.7 Å². The number of benzene rings is 1. The number of rotatable bonds is 11. The number of alkyl halides is 7. The largest absolute Gasteiger partial charge is 0.405 e. The maximum Gasteiger partial charge on any atom is 0.405 e. The van der Waals surface area contributed by atoms with Gasteiger partial charge in [0.05, 0.1) is 17.3 Å². The molecule has 0 spiro atoms. The molecule has 10 nitrogen and oxygen atoms in total. The van der Waals surface area contributed by atoms with E-state index in [1.807, 2.05) is 0 Å². The molecular weight excluding hydrogens is 759 g/mol. The number of halogens is 9. The van der Waals surface area contributed by atoms with Crippen LogP contribution >= 0.6 is 0 Å². The minimum Gasteiger partial charge on any atom is -0.378 e. The summed E-state index contributed by atoms with van der Waals surface area (Å²) in [5.41, 5.74) is -4.41. The third-order valence-corrected chi connectivity index (χ3v) is 9.39. The van der Waals surface area contributed by atoms with Gasteiger partial charge in [-0.25, -0.2) is 22.5 Å². The van der Waals surface area contributed by atoms with Crippen LogP contribution in [-0.2, 0) is 23.7 Å². The summed E-state index contributed by atoms with van der Waals surface area (Å²) in [7, 11) is 0. The number of ketones is 1. The Morgan fingerprint density at radius 3 is 2.45 bits per heavy atom. The van der Waals surface area contributed by atoms with Gasteiger partial charge in [0.2, 0.25) is 5.95 Å². The molecule has 56 heavy (non-hydrogen) atoms. The summed E-state index contributed by atoms with van der Waals surface area (Å²) in [4.78, 5) is 18.6. The topological polar surface area (TPSA) is 134 Å². The SMILES string of the molecule is CC(C)(O)C#Cc1ccc(-c2cccn3c(NCC(F)(F)F)nnc23)c([C@H](Cc2cc(F)cc(F)c2)C(=N)C(=O)Cn2nc(C(F)F)c3c2C(F)(F)[C@@H]2C[C@H]32)n1. The number of hydrogen-bond acceptors (Lipinski definition) is 8. The van der Waals surface area contributed by atoms with Gasteiger partial charge in [-0.1, -0.05) is 5.92 Å². The molecule has 7 rings (SSSR count). The van der Waals surface area contributed by atoms with E-state index in [1.165, 1.54) is 48.7 Å². The number of Topliss-reactive ketones (excluding diaryl/α,β-unsaturated/α-hetero) is 1. The molecule has 292 valence electrons. The Morgan fingerprint density at radius 1 is 1.07 bits per heavy atom. The van der Waals surface area contributed by atoms with Crippen LogP contribution in [0.15, 0.2) is 48.7 Å². The van der Waals surface area contributed by atoms with Crippen molar-refractivity contribution in [2.24, 2.45) is 5.92 Å². The average Bonchev–Trinajstić information content (AvgIpc) is 3.56. The van der Waals surface area contributed by atoms with Crippen LogP contribution in [0.1, 0.15) is 72.4 Å². The number of aliphatic hydroxyl groups is 1. The van der Waals surface area contributed by atoms with Crippen molar-refractivity contribution in [2.45, 2.75) is 69.2 Å². The molecule has 1 fully saturated rings. The first kappa shape index (κ1) is 38.5. The van der Waals surface area contributed by atoms with Gasteiger partial charge in [-0.3, -0.25) is 13.9 Å². The normalized spacial score (nSPS) is 17.7. The van der Waals surface area contributed by atoms with Gasteiger partial charge in [0.15, 0.2) is 11.4 Å². The molecule has 0 aliphatic heterocycles. The average molecular weight is 789 g/mol. The van der Waals surface area contributed by atoms with Crippen LogP contribution in [0.2, 0.25) is 0 Å². The molecular formula is C37H29F9N8O2. The predicted octanol–water partition coefficient (Wildman–Crippen LogP) is 7.12. The number of nitrogens with zero attached hydrogens (tertiary/aromatic N) is 6. The second-order valence-electron chi connectivity index (χ2n) is 14.1. The highest BCUT2D eigenvalue weighted by atomic mass is 19.4. The molecule has 2 aliphatic carbocycles. The van der Waals surface area contributed by atoms with Crippen LogP contribution in [0.25, 0.3) is 16.8 Å². The molecule has 1 saturated carbocycles. The van der Waals surface area contributed by atoms with Crippen molar-refractivity contribution in [3.63, 3.8) is 0 Å². The second-order valence-corrected chi connectivity index (χ2v) is 14.1. The van der Waals surface area contributed by atoms with Crippen molar-refractivity contribution >= 4 is 23.1 Å². The lowest BCUT2D eigenvalue weighted by Crippen LogP contribution is -2.30. The van der Waals surface area contributed by atoms with Crippen LogP contribution in [0, 0.1) is 34.8 Å². The highest BCUT2D eigenvalue weighted by molar-refractivity contribution is 6.40. The summed E-state index contributed by atoms with van der Waals surface area (Å²) in [6, 6.07) is 8.21. The number of nitrogens with one attached hydrogen (secondary N) is 2. The van der Waals surface area contributed by atoms with Gasteiger partial charge >= 0.3 is 6.18 Å². The maximum atomic E-state index is 15.4. The summed E-state index contributed by atoms with van der Waals surface area (Å²) >= 11 is 0. The number of carbonyl (C=O) groups is 1. The van der Waals surface area contributed by atoms with E-state index < -0.39 is 95.9 Å². The smallest absolute Gasteiger partial charge is 0.378 e. The third kappa shape index (κ3) is 7.44.